The van der Waals surface area contributed by atoms with Gasteiger partial charge in [-0.2, -0.15) is 0 Å². The molecule has 1 aromatic carbocycles. The second-order valence-electron chi connectivity index (χ2n) is 9.96. The van der Waals surface area contributed by atoms with E-state index in [4.69, 9.17) is 4.74 Å². The summed E-state index contributed by atoms with van der Waals surface area (Å²) in [6.07, 6.45) is 0.280. The molecule has 6 nitrogen and oxygen atoms in total. The van der Waals surface area contributed by atoms with Gasteiger partial charge in [-0.05, 0) is 36.2 Å². The number of ketones is 1. The molecular formula is C23H36N2O4. The van der Waals surface area contributed by atoms with Crippen LogP contribution < -0.4 is 10.6 Å². The molecular weight excluding hydrogens is 368 g/mol. The number of hydrogen-bond acceptors (Lipinski definition) is 4. The summed E-state index contributed by atoms with van der Waals surface area (Å²) >= 11 is 0. The van der Waals surface area contributed by atoms with Crippen molar-refractivity contribution in [3.05, 3.63) is 35.9 Å². The van der Waals surface area contributed by atoms with Crippen LogP contribution in [0.3, 0.4) is 0 Å². The zero-order chi connectivity index (χ0) is 22.2. The summed E-state index contributed by atoms with van der Waals surface area (Å²) in [5, 5.41) is 5.48. The average Bonchev–Trinajstić information content (AvgIpc) is 2.57. The molecule has 0 unspecified atom stereocenters. The maximum absolute atomic E-state index is 12.9. The van der Waals surface area contributed by atoms with Crippen molar-refractivity contribution < 1.29 is 19.1 Å². The first-order chi connectivity index (χ1) is 13.3. The normalized spacial score (nSPS) is 13.9. The summed E-state index contributed by atoms with van der Waals surface area (Å²) in [5.41, 5.74) is 0.539. The first kappa shape index (κ1) is 24.7. The number of amides is 2. The van der Waals surface area contributed by atoms with Gasteiger partial charge in [0, 0.05) is 0 Å². The summed E-state index contributed by atoms with van der Waals surface area (Å²) in [6.45, 7) is 13.6. The maximum atomic E-state index is 12.9. The van der Waals surface area contributed by atoms with Gasteiger partial charge in [0.15, 0.2) is 5.78 Å². The SMILES string of the molecule is CC(=O)[C@H](CC(C)(C)C)NC(=O)[C@@H](CC(C)(C)C)NC(=O)OCc1ccccc1. The Morgan fingerprint density at radius 1 is 0.862 bits per heavy atom. The summed E-state index contributed by atoms with van der Waals surface area (Å²) < 4.78 is 5.26. The zero-order valence-corrected chi connectivity index (χ0v) is 18.8. The quantitative estimate of drug-likeness (QED) is 0.679. The zero-order valence-electron chi connectivity index (χ0n) is 18.8. The van der Waals surface area contributed by atoms with Gasteiger partial charge in [0.25, 0.3) is 0 Å². The molecule has 0 saturated carbocycles. The van der Waals surface area contributed by atoms with Crippen LogP contribution in [0.1, 0.15) is 66.9 Å². The van der Waals surface area contributed by atoms with E-state index >= 15 is 0 Å². The van der Waals surface area contributed by atoms with Crippen LogP contribution in [-0.2, 0) is 20.9 Å². The molecule has 0 heterocycles. The summed E-state index contributed by atoms with van der Waals surface area (Å²) in [5.74, 6) is -0.476. The molecule has 2 atom stereocenters. The number of nitrogens with one attached hydrogen (secondary N) is 2. The lowest BCUT2D eigenvalue weighted by atomic mass is 9.85. The van der Waals surface area contributed by atoms with E-state index in [0.717, 1.165) is 5.56 Å². The molecule has 0 spiro atoms. The Morgan fingerprint density at radius 3 is 1.86 bits per heavy atom. The molecule has 29 heavy (non-hydrogen) atoms. The van der Waals surface area contributed by atoms with Crippen LogP contribution in [-0.4, -0.2) is 29.9 Å². The number of carbonyl (C=O) groups is 3. The number of carbonyl (C=O) groups excluding carboxylic acids is 3. The monoisotopic (exact) mass is 404 g/mol. The number of alkyl carbamates (subject to hydrolysis) is 1. The van der Waals surface area contributed by atoms with Crippen LogP contribution >= 0.6 is 0 Å². The van der Waals surface area contributed by atoms with E-state index in [1.165, 1.54) is 6.92 Å². The highest BCUT2D eigenvalue weighted by Gasteiger charge is 2.31. The van der Waals surface area contributed by atoms with Crippen molar-refractivity contribution in [2.75, 3.05) is 0 Å². The lowest BCUT2D eigenvalue weighted by Gasteiger charge is -2.29. The van der Waals surface area contributed by atoms with E-state index in [1.807, 2.05) is 71.9 Å². The highest BCUT2D eigenvalue weighted by Crippen LogP contribution is 2.23. The number of rotatable bonds is 8. The molecule has 0 aliphatic rings. The lowest BCUT2D eigenvalue weighted by Crippen LogP contribution is -2.53. The van der Waals surface area contributed by atoms with E-state index in [9.17, 15) is 14.4 Å². The van der Waals surface area contributed by atoms with Crippen molar-refractivity contribution in [3.8, 4) is 0 Å². The minimum absolute atomic E-state index is 0.102. The Bertz CT molecular complexity index is 687. The van der Waals surface area contributed by atoms with Gasteiger partial charge in [-0.3, -0.25) is 9.59 Å². The van der Waals surface area contributed by atoms with Gasteiger partial charge in [0.1, 0.15) is 12.6 Å². The number of hydrogen-bond donors (Lipinski definition) is 2. The number of ether oxygens (including phenoxy) is 1. The van der Waals surface area contributed by atoms with Crippen LogP contribution in [0.2, 0.25) is 0 Å². The van der Waals surface area contributed by atoms with E-state index < -0.39 is 18.2 Å². The van der Waals surface area contributed by atoms with Gasteiger partial charge >= 0.3 is 6.09 Å². The molecule has 2 N–H and O–H groups in total. The third-order valence-corrected chi connectivity index (χ3v) is 4.26. The van der Waals surface area contributed by atoms with Crippen molar-refractivity contribution in [1.29, 1.82) is 0 Å². The van der Waals surface area contributed by atoms with Gasteiger partial charge in [0.05, 0.1) is 6.04 Å². The van der Waals surface area contributed by atoms with E-state index in [2.05, 4.69) is 10.6 Å². The Balaban J connectivity index is 2.80. The Hall–Kier alpha value is -2.37. The largest absolute Gasteiger partial charge is 0.445 e. The predicted octanol–water partition coefficient (Wildman–Crippen LogP) is 4.23. The standard InChI is InChI=1S/C23H36N2O4/c1-16(26)18(13-22(2,3)4)24-20(27)19(14-23(5,6)7)25-21(28)29-15-17-11-9-8-10-12-17/h8-12,18-19H,13-15H2,1-7H3,(H,24,27)(H,25,28)/t18-,19+/m0/s1. The van der Waals surface area contributed by atoms with E-state index in [1.54, 1.807) is 0 Å². The smallest absolute Gasteiger partial charge is 0.408 e. The second-order valence-corrected chi connectivity index (χ2v) is 9.96. The van der Waals surface area contributed by atoms with Gasteiger partial charge in [-0.25, -0.2) is 4.79 Å². The molecule has 2 amide bonds. The Morgan fingerprint density at radius 2 is 1.38 bits per heavy atom. The molecule has 162 valence electrons. The lowest BCUT2D eigenvalue weighted by molar-refractivity contribution is -0.129. The fourth-order valence-electron chi connectivity index (χ4n) is 2.91. The van der Waals surface area contributed by atoms with Crippen molar-refractivity contribution in [2.45, 2.75) is 80.0 Å². The molecule has 0 aliphatic carbocycles. The van der Waals surface area contributed by atoms with Gasteiger partial charge in [-0.1, -0.05) is 71.9 Å². The highest BCUT2D eigenvalue weighted by atomic mass is 16.5. The highest BCUT2D eigenvalue weighted by molar-refractivity contribution is 5.91. The molecule has 0 fully saturated rings. The molecule has 1 rings (SSSR count). The van der Waals surface area contributed by atoms with Crippen LogP contribution in [0.5, 0.6) is 0 Å². The van der Waals surface area contributed by atoms with Crippen molar-refractivity contribution >= 4 is 17.8 Å². The summed E-state index contributed by atoms with van der Waals surface area (Å²) in [6, 6.07) is 7.95. The van der Waals surface area contributed by atoms with Crippen LogP contribution in [0.25, 0.3) is 0 Å². The van der Waals surface area contributed by atoms with Crippen LogP contribution in [0.4, 0.5) is 4.79 Å². The fourth-order valence-corrected chi connectivity index (χ4v) is 2.91. The third kappa shape index (κ3) is 10.7. The first-order valence-corrected chi connectivity index (χ1v) is 10.0. The van der Waals surface area contributed by atoms with E-state index in [-0.39, 0.29) is 29.1 Å². The molecule has 6 heteroatoms. The molecule has 0 radical (unpaired) electrons. The van der Waals surface area contributed by atoms with Crippen LogP contribution in [0, 0.1) is 10.8 Å². The van der Waals surface area contributed by atoms with Crippen LogP contribution in [0.15, 0.2) is 30.3 Å². The molecule has 0 aliphatic heterocycles. The topological polar surface area (TPSA) is 84.5 Å². The fraction of sp³-hybridized carbons (Fsp3) is 0.609. The third-order valence-electron chi connectivity index (χ3n) is 4.26. The van der Waals surface area contributed by atoms with Crippen molar-refractivity contribution in [3.63, 3.8) is 0 Å². The Labute approximate surface area is 174 Å². The van der Waals surface area contributed by atoms with E-state index in [0.29, 0.717) is 12.8 Å². The van der Waals surface area contributed by atoms with Gasteiger partial charge in [0.2, 0.25) is 5.91 Å². The maximum Gasteiger partial charge on any atom is 0.408 e. The molecule has 0 saturated heterocycles. The summed E-state index contributed by atoms with van der Waals surface area (Å²) in [7, 11) is 0. The summed E-state index contributed by atoms with van der Waals surface area (Å²) in [4.78, 5) is 37.2. The Kier molecular flexibility index (Phi) is 8.86. The predicted molar refractivity (Wildman–Crippen MR) is 114 cm³/mol. The minimum Gasteiger partial charge on any atom is -0.445 e. The average molecular weight is 405 g/mol. The molecule has 0 bridgehead atoms. The van der Waals surface area contributed by atoms with Crippen molar-refractivity contribution in [2.24, 2.45) is 10.8 Å². The molecule has 0 aromatic heterocycles. The second kappa shape index (κ2) is 10.4. The number of Topliss-reactive ketones (excluding diaryl/α,β-unsaturated/α-hetero) is 1. The molecule has 1 aromatic rings. The van der Waals surface area contributed by atoms with Gasteiger partial charge in [-0.15, -0.1) is 0 Å². The first-order valence-electron chi connectivity index (χ1n) is 10.0. The number of benzene rings is 1. The van der Waals surface area contributed by atoms with Gasteiger partial charge < -0.3 is 15.4 Å². The minimum atomic E-state index is -0.792. The van der Waals surface area contributed by atoms with Crippen molar-refractivity contribution in [1.82, 2.24) is 10.6 Å².